The topological polar surface area (TPSA) is 58.2 Å². The van der Waals surface area contributed by atoms with Crippen LogP contribution in [-0.2, 0) is 9.59 Å². The molecular weight excluding hydrogens is 192 g/mol. The van der Waals surface area contributed by atoms with Crippen LogP contribution in [0.5, 0.6) is 0 Å². The maximum Gasteiger partial charge on any atom is 0.242 e. The average Bonchev–Trinajstić information content (AvgIpc) is 1.98. The maximum absolute atomic E-state index is 11.5. The molecule has 0 heterocycles. The number of carbonyl (C=O) groups is 2. The van der Waals surface area contributed by atoms with Gasteiger partial charge in [-0.2, -0.15) is 0 Å². The van der Waals surface area contributed by atoms with Crippen LogP contribution in [0.3, 0.4) is 0 Å². The Labute approximate surface area is 90.8 Å². The molecule has 0 saturated heterocycles. The van der Waals surface area contributed by atoms with Gasteiger partial charge in [-0.1, -0.05) is 6.42 Å². The van der Waals surface area contributed by atoms with E-state index in [9.17, 15) is 9.59 Å². The zero-order valence-corrected chi connectivity index (χ0v) is 9.67. The van der Waals surface area contributed by atoms with E-state index in [4.69, 9.17) is 0 Å². The second-order valence-corrected chi connectivity index (χ2v) is 4.52. The minimum Gasteiger partial charge on any atom is -0.352 e. The first-order valence-electron chi connectivity index (χ1n) is 5.61. The van der Waals surface area contributed by atoms with Crippen LogP contribution in [0.2, 0.25) is 0 Å². The molecule has 2 N–H and O–H groups in total. The zero-order valence-electron chi connectivity index (χ0n) is 9.67. The van der Waals surface area contributed by atoms with E-state index in [0.29, 0.717) is 0 Å². The molecule has 1 atom stereocenters. The minimum atomic E-state index is -0.430. The Balaban J connectivity index is 2.30. The van der Waals surface area contributed by atoms with Gasteiger partial charge in [0.05, 0.1) is 0 Å². The number of amides is 2. The van der Waals surface area contributed by atoms with Crippen LogP contribution in [0, 0.1) is 5.92 Å². The van der Waals surface area contributed by atoms with E-state index in [1.165, 1.54) is 0 Å². The van der Waals surface area contributed by atoms with E-state index < -0.39 is 6.04 Å². The molecule has 1 fully saturated rings. The first kappa shape index (κ1) is 12.0. The van der Waals surface area contributed by atoms with Gasteiger partial charge in [0.15, 0.2) is 0 Å². The third-order valence-electron chi connectivity index (χ3n) is 2.66. The molecule has 0 bridgehead atoms. The summed E-state index contributed by atoms with van der Waals surface area (Å²) in [7, 11) is 0. The summed E-state index contributed by atoms with van der Waals surface area (Å²) in [5, 5.41) is 5.51. The van der Waals surface area contributed by atoms with Crippen LogP contribution in [0.4, 0.5) is 0 Å². The fourth-order valence-corrected chi connectivity index (χ4v) is 1.48. The van der Waals surface area contributed by atoms with Crippen molar-refractivity contribution in [2.45, 2.75) is 52.1 Å². The summed E-state index contributed by atoms with van der Waals surface area (Å²) >= 11 is 0. The number of hydrogen-bond donors (Lipinski definition) is 2. The third-order valence-corrected chi connectivity index (χ3v) is 2.66. The summed E-state index contributed by atoms with van der Waals surface area (Å²) in [4.78, 5) is 23.0. The molecule has 1 aliphatic rings. The Bertz CT molecular complexity index is 247. The highest BCUT2D eigenvalue weighted by Gasteiger charge is 2.27. The fourth-order valence-electron chi connectivity index (χ4n) is 1.48. The van der Waals surface area contributed by atoms with Crippen LogP contribution in [0.1, 0.15) is 40.0 Å². The summed E-state index contributed by atoms with van der Waals surface area (Å²) in [6.07, 6.45) is 3.05. The number of carbonyl (C=O) groups excluding carboxylic acids is 2. The van der Waals surface area contributed by atoms with Crippen molar-refractivity contribution in [2.24, 2.45) is 5.92 Å². The molecular formula is C11H20N2O2. The fraction of sp³-hybridized carbons (Fsp3) is 0.818. The van der Waals surface area contributed by atoms with Gasteiger partial charge in [0, 0.05) is 12.0 Å². The van der Waals surface area contributed by atoms with Crippen molar-refractivity contribution in [3.63, 3.8) is 0 Å². The van der Waals surface area contributed by atoms with E-state index in [1.54, 1.807) is 6.92 Å². The molecule has 15 heavy (non-hydrogen) atoms. The highest BCUT2D eigenvalue weighted by atomic mass is 16.2. The van der Waals surface area contributed by atoms with Gasteiger partial charge in [0.25, 0.3) is 0 Å². The van der Waals surface area contributed by atoms with Crippen molar-refractivity contribution in [3.05, 3.63) is 0 Å². The highest BCUT2D eigenvalue weighted by Crippen LogP contribution is 2.26. The normalized spacial score (nSPS) is 18.1. The lowest BCUT2D eigenvalue weighted by atomic mass is 9.84. The Morgan fingerprint density at radius 2 is 1.73 bits per heavy atom. The predicted molar refractivity (Wildman–Crippen MR) is 58.2 cm³/mol. The largest absolute Gasteiger partial charge is 0.352 e. The van der Waals surface area contributed by atoms with Crippen molar-refractivity contribution < 1.29 is 9.59 Å². The molecule has 4 heteroatoms. The van der Waals surface area contributed by atoms with Gasteiger partial charge >= 0.3 is 0 Å². The van der Waals surface area contributed by atoms with Gasteiger partial charge in [0.1, 0.15) is 6.04 Å². The Kier molecular flexibility index (Phi) is 4.12. The average molecular weight is 212 g/mol. The molecule has 0 aromatic heterocycles. The van der Waals surface area contributed by atoms with Crippen LogP contribution in [-0.4, -0.2) is 23.9 Å². The molecule has 1 rings (SSSR count). The van der Waals surface area contributed by atoms with Crippen LogP contribution in [0.15, 0.2) is 0 Å². The molecule has 4 nitrogen and oxygen atoms in total. The number of hydrogen-bond acceptors (Lipinski definition) is 2. The number of rotatable bonds is 4. The lowest BCUT2D eigenvalue weighted by molar-refractivity contribution is -0.132. The Hall–Kier alpha value is -1.06. The summed E-state index contributed by atoms with van der Waals surface area (Å²) < 4.78 is 0. The van der Waals surface area contributed by atoms with Gasteiger partial charge in [-0.25, -0.2) is 0 Å². The van der Waals surface area contributed by atoms with Crippen molar-refractivity contribution in [3.8, 4) is 0 Å². The zero-order chi connectivity index (χ0) is 11.4. The van der Waals surface area contributed by atoms with E-state index in [2.05, 4.69) is 10.6 Å². The molecule has 1 aliphatic carbocycles. The van der Waals surface area contributed by atoms with Crippen molar-refractivity contribution in [1.29, 1.82) is 0 Å². The lowest BCUT2D eigenvalue weighted by Crippen LogP contribution is -2.49. The standard InChI is InChI=1S/C11H20N2O2/c1-7(2)12-10(14)8(3)13-11(15)9-5-4-6-9/h7-9H,4-6H2,1-3H3,(H,12,14)(H,13,15). The van der Waals surface area contributed by atoms with Crippen LogP contribution in [0.25, 0.3) is 0 Å². The SMILES string of the molecule is CC(C)NC(=O)C(C)NC(=O)C1CCC1. The second kappa shape index (κ2) is 5.14. The Morgan fingerprint density at radius 3 is 2.13 bits per heavy atom. The first-order chi connectivity index (χ1) is 7.00. The van der Waals surface area contributed by atoms with E-state index in [0.717, 1.165) is 19.3 Å². The second-order valence-electron chi connectivity index (χ2n) is 4.52. The summed E-state index contributed by atoms with van der Waals surface area (Å²) in [5.41, 5.74) is 0. The quantitative estimate of drug-likeness (QED) is 0.724. The summed E-state index contributed by atoms with van der Waals surface area (Å²) in [6, 6.07) is -0.318. The van der Waals surface area contributed by atoms with Crippen molar-refractivity contribution in [1.82, 2.24) is 10.6 Å². The van der Waals surface area contributed by atoms with Gasteiger partial charge in [-0.15, -0.1) is 0 Å². The van der Waals surface area contributed by atoms with E-state index in [1.807, 2.05) is 13.8 Å². The summed E-state index contributed by atoms with van der Waals surface area (Å²) in [5.74, 6) is 0.0460. The molecule has 0 aromatic rings. The maximum atomic E-state index is 11.5. The molecule has 2 amide bonds. The Morgan fingerprint density at radius 1 is 1.13 bits per heavy atom. The van der Waals surface area contributed by atoms with E-state index in [-0.39, 0.29) is 23.8 Å². The molecule has 0 spiro atoms. The van der Waals surface area contributed by atoms with Gasteiger partial charge in [-0.05, 0) is 33.6 Å². The van der Waals surface area contributed by atoms with Crippen molar-refractivity contribution >= 4 is 11.8 Å². The predicted octanol–water partition coefficient (Wildman–Crippen LogP) is 0.816. The number of nitrogens with one attached hydrogen (secondary N) is 2. The molecule has 0 aliphatic heterocycles. The van der Waals surface area contributed by atoms with Gasteiger partial charge in [-0.3, -0.25) is 9.59 Å². The van der Waals surface area contributed by atoms with Crippen LogP contribution < -0.4 is 10.6 Å². The van der Waals surface area contributed by atoms with Crippen LogP contribution >= 0.6 is 0 Å². The molecule has 0 aromatic carbocycles. The van der Waals surface area contributed by atoms with Gasteiger partial charge < -0.3 is 10.6 Å². The smallest absolute Gasteiger partial charge is 0.242 e. The minimum absolute atomic E-state index is 0.0210. The molecule has 1 unspecified atom stereocenters. The molecule has 1 saturated carbocycles. The van der Waals surface area contributed by atoms with Gasteiger partial charge in [0.2, 0.25) is 11.8 Å². The van der Waals surface area contributed by atoms with E-state index >= 15 is 0 Å². The molecule has 0 radical (unpaired) electrons. The third kappa shape index (κ3) is 3.53. The first-order valence-corrected chi connectivity index (χ1v) is 5.61. The van der Waals surface area contributed by atoms with Crippen molar-refractivity contribution in [2.75, 3.05) is 0 Å². The lowest BCUT2D eigenvalue weighted by Gasteiger charge is -2.26. The highest BCUT2D eigenvalue weighted by molar-refractivity contribution is 5.88. The monoisotopic (exact) mass is 212 g/mol. The summed E-state index contributed by atoms with van der Waals surface area (Å²) in [6.45, 7) is 5.52. The molecule has 86 valence electrons.